The molecule has 13 aromatic rings. The zero-order valence-corrected chi connectivity index (χ0v) is 40.5. The minimum Gasteiger partial charge on any atom is -0.309 e. The van der Waals surface area contributed by atoms with Crippen molar-refractivity contribution in [1.29, 1.82) is 0 Å². The summed E-state index contributed by atoms with van der Waals surface area (Å²) >= 11 is 0. The number of hydrogen-bond donors (Lipinski definition) is 0. The van der Waals surface area contributed by atoms with Crippen molar-refractivity contribution in [3.63, 3.8) is 0 Å². The number of fused-ring (bicyclic) bond motifs is 23. The quantitative estimate of drug-likeness (QED) is 0.177. The molecule has 0 saturated heterocycles. The van der Waals surface area contributed by atoms with Gasteiger partial charge in [-0.05, 0) is 125 Å². The standard InChI is InChI=1S/C71H42N4/c1-2-20-44(21-3-1)75-63-39-17-10-26-49(63)54-42-43(40-41-64(54)75)67-72-68(52-29-18-37-61-65(52)50-27-8-15-35-59(50)70(61)55-31-11-4-22-45(55)46-23-5-12-32-56(46)70)74-69(73-67)53-30-19-38-62-66(53)51-28-9-16-36-60(51)71(62)57-33-13-6-24-47(57)48-25-7-14-34-58(48)71/h1-42H. The Kier molecular flexibility index (Phi) is 8.11. The van der Waals surface area contributed by atoms with E-state index in [1.54, 1.807) is 0 Å². The highest BCUT2D eigenvalue weighted by atomic mass is 15.0. The minimum atomic E-state index is -0.516. The Labute approximate surface area is 433 Å². The molecule has 4 aliphatic carbocycles. The first-order valence-electron chi connectivity index (χ1n) is 25.9. The van der Waals surface area contributed by atoms with Crippen molar-refractivity contribution in [1.82, 2.24) is 19.5 Å². The minimum absolute atomic E-state index is 0.516. The predicted molar refractivity (Wildman–Crippen MR) is 303 cm³/mol. The number of nitrogens with zero attached hydrogens (tertiary/aromatic N) is 4. The molecule has 0 saturated carbocycles. The molecule has 0 fully saturated rings. The summed E-state index contributed by atoms with van der Waals surface area (Å²) in [7, 11) is 0. The third kappa shape index (κ3) is 5.13. The third-order valence-electron chi connectivity index (χ3n) is 17.1. The van der Waals surface area contributed by atoms with Crippen LogP contribution in [0.25, 0.3) is 106 Å². The molecule has 2 aromatic heterocycles. The normalized spacial score (nSPS) is 14.1. The van der Waals surface area contributed by atoms with Gasteiger partial charge in [0, 0.05) is 33.2 Å². The van der Waals surface area contributed by atoms with Gasteiger partial charge in [-0.15, -0.1) is 0 Å². The SMILES string of the molecule is c1ccc(-n2c3ccccc3c3cc(-c4nc(-c5cccc6c5-c5ccccc5C65c6ccccc6-c6ccccc65)nc(-c5cccc6c5-c5ccccc5C65c6ccccc6-c6ccccc65)n4)ccc32)cc1. The molecule has 0 radical (unpaired) electrons. The van der Waals surface area contributed by atoms with Gasteiger partial charge in [-0.25, -0.2) is 15.0 Å². The third-order valence-corrected chi connectivity index (χ3v) is 17.1. The van der Waals surface area contributed by atoms with Crippen molar-refractivity contribution in [2.45, 2.75) is 10.8 Å². The highest BCUT2D eigenvalue weighted by Crippen LogP contribution is 2.66. The van der Waals surface area contributed by atoms with E-state index in [-0.39, 0.29) is 0 Å². The van der Waals surface area contributed by atoms with E-state index in [0.29, 0.717) is 17.5 Å². The van der Waals surface area contributed by atoms with E-state index < -0.39 is 10.8 Å². The summed E-state index contributed by atoms with van der Waals surface area (Å²) < 4.78 is 2.36. The molecule has 346 valence electrons. The number of aromatic nitrogens is 4. The van der Waals surface area contributed by atoms with Gasteiger partial charge in [0.15, 0.2) is 17.5 Å². The lowest BCUT2D eigenvalue weighted by atomic mass is 9.70. The highest BCUT2D eigenvalue weighted by Gasteiger charge is 2.54. The van der Waals surface area contributed by atoms with E-state index in [9.17, 15) is 0 Å². The van der Waals surface area contributed by atoms with Crippen LogP contribution < -0.4 is 0 Å². The van der Waals surface area contributed by atoms with Gasteiger partial charge in [0.25, 0.3) is 0 Å². The Bertz CT molecular complexity index is 4310. The molecule has 0 aliphatic heterocycles. The second-order valence-electron chi connectivity index (χ2n) is 20.5. The van der Waals surface area contributed by atoms with Crippen LogP contribution >= 0.6 is 0 Å². The van der Waals surface area contributed by atoms with E-state index in [1.165, 1.54) is 83.3 Å². The molecule has 2 spiro atoms. The Balaban J connectivity index is 0.954. The maximum atomic E-state index is 5.74. The molecule has 4 aliphatic rings. The first kappa shape index (κ1) is 40.8. The zero-order chi connectivity index (χ0) is 49.0. The van der Waals surface area contributed by atoms with Crippen LogP contribution in [-0.2, 0) is 10.8 Å². The summed E-state index contributed by atoms with van der Waals surface area (Å²) in [5.41, 5.74) is 25.3. The van der Waals surface area contributed by atoms with E-state index in [0.717, 1.165) is 49.9 Å². The van der Waals surface area contributed by atoms with Crippen LogP contribution in [0.3, 0.4) is 0 Å². The van der Waals surface area contributed by atoms with Crippen molar-refractivity contribution >= 4 is 21.8 Å². The molecule has 11 aromatic carbocycles. The maximum Gasteiger partial charge on any atom is 0.164 e. The summed E-state index contributed by atoms with van der Waals surface area (Å²) in [6.45, 7) is 0. The molecule has 0 atom stereocenters. The lowest BCUT2D eigenvalue weighted by molar-refractivity contribution is 0.793. The molecule has 0 bridgehead atoms. The molecular weight excluding hydrogens is 909 g/mol. The lowest BCUT2D eigenvalue weighted by Crippen LogP contribution is -2.25. The topological polar surface area (TPSA) is 43.6 Å². The predicted octanol–water partition coefficient (Wildman–Crippen LogP) is 16.7. The molecule has 0 N–H and O–H groups in total. The summed E-state index contributed by atoms with van der Waals surface area (Å²) in [5, 5.41) is 2.31. The van der Waals surface area contributed by atoms with Crippen LogP contribution in [0.2, 0.25) is 0 Å². The van der Waals surface area contributed by atoms with Gasteiger partial charge in [-0.1, -0.05) is 218 Å². The van der Waals surface area contributed by atoms with E-state index in [2.05, 4.69) is 259 Å². The summed E-state index contributed by atoms with van der Waals surface area (Å²) in [4.78, 5) is 17.0. The molecule has 0 amide bonds. The van der Waals surface area contributed by atoms with Crippen LogP contribution in [0.5, 0.6) is 0 Å². The number of benzene rings is 11. The largest absolute Gasteiger partial charge is 0.309 e. The van der Waals surface area contributed by atoms with Crippen LogP contribution in [0.1, 0.15) is 44.5 Å². The van der Waals surface area contributed by atoms with Crippen LogP contribution in [0.15, 0.2) is 255 Å². The van der Waals surface area contributed by atoms with Gasteiger partial charge >= 0.3 is 0 Å². The first-order valence-corrected chi connectivity index (χ1v) is 25.9. The van der Waals surface area contributed by atoms with Gasteiger partial charge in [0.2, 0.25) is 0 Å². The monoisotopic (exact) mass is 950 g/mol. The second-order valence-corrected chi connectivity index (χ2v) is 20.5. The number of hydrogen-bond acceptors (Lipinski definition) is 3. The van der Waals surface area contributed by atoms with E-state index in [4.69, 9.17) is 15.0 Å². The fraction of sp³-hybridized carbons (Fsp3) is 0.0282. The maximum absolute atomic E-state index is 5.74. The molecule has 4 heteroatoms. The molecule has 2 heterocycles. The molecule has 0 unspecified atom stereocenters. The van der Waals surface area contributed by atoms with E-state index >= 15 is 0 Å². The average molecular weight is 951 g/mol. The Morgan fingerprint density at radius 1 is 0.253 bits per heavy atom. The molecule has 17 rings (SSSR count). The Hall–Kier alpha value is -9.77. The number of para-hydroxylation sites is 2. The van der Waals surface area contributed by atoms with Crippen LogP contribution in [-0.4, -0.2) is 19.5 Å². The van der Waals surface area contributed by atoms with Crippen molar-refractivity contribution in [2.24, 2.45) is 0 Å². The lowest BCUT2D eigenvalue weighted by Gasteiger charge is -2.30. The van der Waals surface area contributed by atoms with Crippen molar-refractivity contribution in [2.75, 3.05) is 0 Å². The van der Waals surface area contributed by atoms with Gasteiger partial charge in [0.05, 0.1) is 21.9 Å². The zero-order valence-electron chi connectivity index (χ0n) is 40.5. The van der Waals surface area contributed by atoms with Crippen molar-refractivity contribution < 1.29 is 0 Å². The van der Waals surface area contributed by atoms with Crippen molar-refractivity contribution in [3.8, 4) is 84.4 Å². The van der Waals surface area contributed by atoms with Crippen LogP contribution in [0.4, 0.5) is 0 Å². The summed E-state index contributed by atoms with van der Waals surface area (Å²) in [6.07, 6.45) is 0. The fourth-order valence-corrected chi connectivity index (χ4v) is 14.4. The fourth-order valence-electron chi connectivity index (χ4n) is 14.4. The van der Waals surface area contributed by atoms with Gasteiger partial charge in [-0.2, -0.15) is 0 Å². The second kappa shape index (κ2) is 14.9. The molecular formula is C71H42N4. The van der Waals surface area contributed by atoms with Gasteiger partial charge < -0.3 is 4.57 Å². The first-order chi connectivity index (χ1) is 37.2. The Morgan fingerprint density at radius 3 is 1.11 bits per heavy atom. The Morgan fingerprint density at radius 2 is 0.613 bits per heavy atom. The highest BCUT2D eigenvalue weighted by molar-refractivity contribution is 6.10. The summed E-state index contributed by atoms with van der Waals surface area (Å²) in [6, 6.07) is 93.6. The van der Waals surface area contributed by atoms with Gasteiger partial charge in [-0.3, -0.25) is 0 Å². The average Bonchev–Trinajstić information content (AvgIpc) is 4.45. The van der Waals surface area contributed by atoms with Crippen LogP contribution in [0, 0.1) is 0 Å². The van der Waals surface area contributed by atoms with Crippen molar-refractivity contribution in [3.05, 3.63) is 299 Å². The molecule has 4 nitrogen and oxygen atoms in total. The number of rotatable bonds is 4. The van der Waals surface area contributed by atoms with E-state index in [1.807, 2.05) is 0 Å². The molecule has 75 heavy (non-hydrogen) atoms. The van der Waals surface area contributed by atoms with Gasteiger partial charge in [0.1, 0.15) is 0 Å². The smallest absolute Gasteiger partial charge is 0.164 e. The summed E-state index contributed by atoms with van der Waals surface area (Å²) in [5.74, 6) is 1.90.